The van der Waals surface area contributed by atoms with E-state index in [-0.39, 0.29) is 24.0 Å². The molecular weight excluding hydrogens is 454 g/mol. The van der Waals surface area contributed by atoms with Gasteiger partial charge in [-0.05, 0) is 68.7 Å². The lowest BCUT2D eigenvalue weighted by Gasteiger charge is -2.27. The number of aliphatic hydroxyl groups excluding tert-OH is 1. The summed E-state index contributed by atoms with van der Waals surface area (Å²) in [4.78, 5) is 28.3. The highest BCUT2D eigenvalue weighted by Crippen LogP contribution is 2.42. The van der Waals surface area contributed by atoms with Crippen LogP contribution in [0.5, 0.6) is 11.5 Å². The third kappa shape index (κ3) is 4.71. The number of nitrogens with zero attached hydrogens (tertiary/aromatic N) is 1. The van der Waals surface area contributed by atoms with Crippen LogP contribution < -0.4 is 9.47 Å². The van der Waals surface area contributed by atoms with Crippen molar-refractivity contribution >= 4 is 17.4 Å². The van der Waals surface area contributed by atoms with E-state index in [9.17, 15) is 14.7 Å². The van der Waals surface area contributed by atoms with Crippen LogP contribution in [0.1, 0.15) is 47.7 Å². The number of ether oxygens (including phenoxy) is 2. The van der Waals surface area contributed by atoms with Gasteiger partial charge in [0.1, 0.15) is 17.3 Å². The maximum atomic E-state index is 13.4. The molecule has 6 nitrogen and oxygen atoms in total. The first kappa shape index (κ1) is 25.0. The van der Waals surface area contributed by atoms with Gasteiger partial charge in [0.15, 0.2) is 0 Å². The fourth-order valence-electron chi connectivity index (χ4n) is 4.62. The minimum Gasteiger partial charge on any atom is -0.507 e. The predicted molar refractivity (Wildman–Crippen MR) is 139 cm³/mol. The number of ketones is 1. The number of Topliss-reactive ketones (excluding diaryl/α,β-unsaturated/α-hetero) is 1. The minimum absolute atomic E-state index is 0.00417. The maximum absolute atomic E-state index is 13.4. The summed E-state index contributed by atoms with van der Waals surface area (Å²) in [5.41, 5.74) is 3.82. The number of benzene rings is 3. The lowest BCUT2D eigenvalue weighted by molar-refractivity contribution is -0.140. The molecule has 1 atom stereocenters. The second-order valence-electron chi connectivity index (χ2n) is 9.24. The molecule has 1 unspecified atom stereocenters. The van der Waals surface area contributed by atoms with Gasteiger partial charge in [0.2, 0.25) is 0 Å². The Morgan fingerprint density at radius 1 is 0.944 bits per heavy atom. The molecule has 36 heavy (non-hydrogen) atoms. The van der Waals surface area contributed by atoms with Crippen molar-refractivity contribution in [2.75, 3.05) is 7.11 Å². The highest BCUT2D eigenvalue weighted by Gasteiger charge is 2.46. The molecule has 4 rings (SSSR count). The Balaban J connectivity index is 1.86. The van der Waals surface area contributed by atoms with Gasteiger partial charge in [-0.3, -0.25) is 9.59 Å². The van der Waals surface area contributed by atoms with Crippen molar-refractivity contribution < 1.29 is 24.2 Å². The first-order valence-electron chi connectivity index (χ1n) is 12.0. The molecule has 1 heterocycles. The van der Waals surface area contributed by atoms with Crippen LogP contribution in [0.15, 0.2) is 72.3 Å². The van der Waals surface area contributed by atoms with Crippen LogP contribution in [-0.2, 0) is 16.1 Å². The lowest BCUT2D eigenvalue weighted by atomic mass is 9.92. The van der Waals surface area contributed by atoms with Crippen LogP contribution in [0.25, 0.3) is 5.76 Å². The maximum Gasteiger partial charge on any atom is 0.295 e. The van der Waals surface area contributed by atoms with Gasteiger partial charge in [0.25, 0.3) is 11.7 Å². The summed E-state index contributed by atoms with van der Waals surface area (Å²) in [6, 6.07) is 19.5. The van der Waals surface area contributed by atoms with E-state index in [0.717, 1.165) is 22.3 Å². The van der Waals surface area contributed by atoms with Gasteiger partial charge in [-0.15, -0.1) is 0 Å². The smallest absolute Gasteiger partial charge is 0.295 e. The summed E-state index contributed by atoms with van der Waals surface area (Å²) in [7, 11) is 1.57. The van der Waals surface area contributed by atoms with Crippen LogP contribution in [0, 0.1) is 13.8 Å². The number of aliphatic hydroxyl groups is 1. The summed E-state index contributed by atoms with van der Waals surface area (Å²) in [6.07, 6.45) is 0.00417. The summed E-state index contributed by atoms with van der Waals surface area (Å²) >= 11 is 0. The Hall–Kier alpha value is -4.06. The predicted octanol–water partition coefficient (Wildman–Crippen LogP) is 5.72. The molecule has 1 aliphatic rings. The second kappa shape index (κ2) is 10.3. The van der Waals surface area contributed by atoms with E-state index in [1.54, 1.807) is 25.3 Å². The van der Waals surface area contributed by atoms with Crippen molar-refractivity contribution in [3.63, 3.8) is 0 Å². The average molecular weight is 486 g/mol. The van der Waals surface area contributed by atoms with Crippen molar-refractivity contribution in [3.05, 3.63) is 100 Å². The number of amides is 1. The van der Waals surface area contributed by atoms with Crippen molar-refractivity contribution in [3.8, 4) is 11.5 Å². The van der Waals surface area contributed by atoms with Crippen molar-refractivity contribution in [1.29, 1.82) is 0 Å². The summed E-state index contributed by atoms with van der Waals surface area (Å²) < 4.78 is 11.3. The topological polar surface area (TPSA) is 76.1 Å². The Morgan fingerprint density at radius 3 is 2.31 bits per heavy atom. The molecule has 0 saturated carbocycles. The van der Waals surface area contributed by atoms with Gasteiger partial charge in [0, 0.05) is 11.1 Å². The van der Waals surface area contributed by atoms with Gasteiger partial charge in [-0.25, -0.2) is 0 Å². The Labute approximate surface area is 211 Å². The van der Waals surface area contributed by atoms with Gasteiger partial charge in [-0.2, -0.15) is 0 Å². The lowest BCUT2D eigenvalue weighted by Crippen LogP contribution is -2.29. The van der Waals surface area contributed by atoms with Crippen molar-refractivity contribution in [1.82, 2.24) is 4.90 Å². The number of aryl methyl sites for hydroxylation is 2. The molecule has 1 amide bonds. The fraction of sp³-hybridized carbons (Fsp3) is 0.267. The molecule has 1 N–H and O–H groups in total. The molecule has 1 saturated heterocycles. The Morgan fingerprint density at radius 2 is 1.64 bits per heavy atom. The normalized spacial score (nSPS) is 17.1. The van der Waals surface area contributed by atoms with Crippen molar-refractivity contribution in [2.45, 2.75) is 46.4 Å². The SMILES string of the molecule is COc1ccccc1CN1C(=O)C(=O)/C(=C(/O)c2ccc(OC(C)C)c(C)c2)C1c1ccccc1C. The van der Waals surface area contributed by atoms with Gasteiger partial charge in [0.05, 0.1) is 31.4 Å². The van der Waals surface area contributed by atoms with E-state index in [0.29, 0.717) is 17.1 Å². The van der Waals surface area contributed by atoms with Gasteiger partial charge >= 0.3 is 0 Å². The zero-order chi connectivity index (χ0) is 26.0. The number of carbonyl (C=O) groups is 2. The van der Waals surface area contributed by atoms with E-state index in [1.165, 1.54) is 4.90 Å². The molecule has 1 fully saturated rings. The molecule has 3 aromatic rings. The largest absolute Gasteiger partial charge is 0.507 e. The van der Waals surface area contributed by atoms with Crippen LogP contribution in [-0.4, -0.2) is 34.9 Å². The number of hydrogen-bond donors (Lipinski definition) is 1. The summed E-state index contributed by atoms with van der Waals surface area (Å²) in [5, 5.41) is 11.4. The molecular formula is C30H31NO5. The molecule has 0 radical (unpaired) electrons. The van der Waals surface area contributed by atoms with Gasteiger partial charge in [-0.1, -0.05) is 42.5 Å². The van der Waals surface area contributed by atoms with E-state index in [1.807, 2.05) is 76.2 Å². The number of para-hydroxylation sites is 1. The van der Waals surface area contributed by atoms with Crippen LogP contribution in [0.2, 0.25) is 0 Å². The zero-order valence-corrected chi connectivity index (χ0v) is 21.2. The van der Waals surface area contributed by atoms with Crippen molar-refractivity contribution in [2.24, 2.45) is 0 Å². The molecule has 186 valence electrons. The Kier molecular flexibility index (Phi) is 7.15. The average Bonchev–Trinajstić information content (AvgIpc) is 3.10. The molecule has 0 bridgehead atoms. The van der Waals surface area contributed by atoms with Gasteiger partial charge < -0.3 is 19.5 Å². The highest BCUT2D eigenvalue weighted by molar-refractivity contribution is 6.46. The number of rotatable bonds is 7. The van der Waals surface area contributed by atoms with Crippen LogP contribution in [0.3, 0.4) is 0 Å². The summed E-state index contributed by atoms with van der Waals surface area (Å²) in [6.45, 7) is 7.86. The van der Waals surface area contributed by atoms with Crippen LogP contribution >= 0.6 is 0 Å². The molecule has 3 aromatic carbocycles. The zero-order valence-electron chi connectivity index (χ0n) is 21.2. The van der Waals surface area contributed by atoms with E-state index < -0.39 is 17.7 Å². The van der Waals surface area contributed by atoms with E-state index in [4.69, 9.17) is 9.47 Å². The molecule has 0 spiro atoms. The number of likely N-dealkylation sites (tertiary alicyclic amines) is 1. The first-order valence-corrected chi connectivity index (χ1v) is 12.0. The monoisotopic (exact) mass is 485 g/mol. The third-order valence-electron chi connectivity index (χ3n) is 6.37. The second-order valence-corrected chi connectivity index (χ2v) is 9.24. The van der Waals surface area contributed by atoms with Crippen LogP contribution in [0.4, 0.5) is 0 Å². The van der Waals surface area contributed by atoms with E-state index in [2.05, 4.69) is 0 Å². The molecule has 1 aliphatic heterocycles. The number of hydrogen-bond acceptors (Lipinski definition) is 5. The van der Waals surface area contributed by atoms with E-state index >= 15 is 0 Å². The Bertz CT molecular complexity index is 1340. The molecule has 0 aliphatic carbocycles. The highest BCUT2D eigenvalue weighted by atomic mass is 16.5. The molecule has 0 aromatic heterocycles. The third-order valence-corrected chi connectivity index (χ3v) is 6.37. The minimum atomic E-state index is -0.747. The first-order chi connectivity index (χ1) is 17.2. The number of carbonyl (C=O) groups excluding carboxylic acids is 2. The number of methoxy groups -OCH3 is 1. The quantitative estimate of drug-likeness (QED) is 0.263. The summed E-state index contributed by atoms with van der Waals surface area (Å²) in [5.74, 6) is -0.251. The molecule has 6 heteroatoms. The standard InChI is InChI=1S/C30H31NO5/c1-18(2)36-24-15-14-21(16-20(24)4)28(32)26-27(23-12-8-6-10-19(23)3)31(30(34)29(26)33)17-22-11-7-9-13-25(22)35-5/h6-16,18,27,32H,17H2,1-5H3/b28-26+. The fourth-order valence-corrected chi connectivity index (χ4v) is 4.62.